The van der Waals surface area contributed by atoms with Crippen molar-refractivity contribution in [3.05, 3.63) is 6.79 Å². The normalized spacial score (nSPS) is 10.8. The van der Waals surface area contributed by atoms with Crippen LogP contribution in [0, 0.1) is 6.79 Å². The Hall–Kier alpha value is -1.06. The molecule has 0 aromatic heterocycles. The fourth-order valence-corrected chi connectivity index (χ4v) is 3.41. The summed E-state index contributed by atoms with van der Waals surface area (Å²) in [6.07, 6.45) is 22.6. The maximum absolute atomic E-state index is 11.6. The summed E-state index contributed by atoms with van der Waals surface area (Å²) >= 11 is 0. The van der Waals surface area contributed by atoms with E-state index in [1.807, 2.05) is 0 Å². The highest BCUT2D eigenvalue weighted by Crippen LogP contribution is 2.12. The van der Waals surface area contributed by atoms with Crippen LogP contribution in [0.1, 0.15) is 142 Å². The third kappa shape index (κ3) is 23.1. The highest BCUT2D eigenvalue weighted by molar-refractivity contribution is 5.71. The number of esters is 2. The number of rotatable bonds is 22. The molecule has 0 atom stereocenters. The number of carbonyl (C=O) groups excluding carboxylic acids is 2. The van der Waals surface area contributed by atoms with Gasteiger partial charge < -0.3 is 9.47 Å². The van der Waals surface area contributed by atoms with Crippen LogP contribution < -0.4 is 0 Å². The highest BCUT2D eigenvalue weighted by atomic mass is 16.7. The molecule has 0 fully saturated rings. The molecule has 0 unspecified atom stereocenters. The van der Waals surface area contributed by atoms with E-state index >= 15 is 0 Å². The smallest absolute Gasteiger partial charge is 0.320 e. The number of hydrogen-bond donors (Lipinski definition) is 0. The molecule has 0 spiro atoms. The predicted molar refractivity (Wildman–Crippen MR) is 120 cm³/mol. The standard InChI is InChI=1S/C25H47O4/c1-3-5-7-9-11-13-15-17-19-21-24(26)28-23-29-25(27)22-20-18-16-14-12-10-8-6-4-2/h23H,3-22H2,1-2H3. The van der Waals surface area contributed by atoms with Crippen molar-refractivity contribution in [1.29, 1.82) is 0 Å². The molecule has 0 amide bonds. The third-order valence-electron chi connectivity index (χ3n) is 5.33. The van der Waals surface area contributed by atoms with Gasteiger partial charge in [-0.25, -0.2) is 0 Å². The molecule has 0 saturated heterocycles. The molecular formula is C25H47O4. The molecule has 29 heavy (non-hydrogen) atoms. The predicted octanol–water partition coefficient (Wildman–Crippen LogP) is 8.03. The van der Waals surface area contributed by atoms with Crippen LogP contribution in [0.15, 0.2) is 0 Å². The van der Waals surface area contributed by atoms with Crippen LogP contribution >= 0.6 is 0 Å². The van der Waals surface area contributed by atoms with Crippen LogP contribution in [0.5, 0.6) is 0 Å². The van der Waals surface area contributed by atoms with E-state index in [-0.39, 0.29) is 11.9 Å². The lowest BCUT2D eigenvalue weighted by molar-refractivity contribution is -0.156. The Labute approximate surface area is 180 Å². The molecule has 171 valence electrons. The van der Waals surface area contributed by atoms with Crippen molar-refractivity contribution in [1.82, 2.24) is 0 Å². The zero-order chi connectivity index (χ0) is 21.4. The van der Waals surface area contributed by atoms with Crippen LogP contribution in [0.4, 0.5) is 0 Å². The Bertz CT molecular complexity index is 334. The first-order valence-corrected chi connectivity index (χ1v) is 12.4. The molecule has 4 nitrogen and oxygen atoms in total. The summed E-state index contributed by atoms with van der Waals surface area (Å²) in [5, 5.41) is 0. The SMILES string of the molecule is CCCCCCCCCCCC(=O)O[CH]OC(=O)CCCCCCCCCCC. The van der Waals surface area contributed by atoms with Crippen LogP contribution in [-0.2, 0) is 19.1 Å². The average Bonchev–Trinajstić information content (AvgIpc) is 2.71. The van der Waals surface area contributed by atoms with Crippen molar-refractivity contribution < 1.29 is 19.1 Å². The number of carbonyl (C=O) groups is 2. The molecule has 0 aliphatic carbocycles. The van der Waals surface area contributed by atoms with Gasteiger partial charge in [0.05, 0.1) is 0 Å². The van der Waals surface area contributed by atoms with Gasteiger partial charge in [0.1, 0.15) is 0 Å². The van der Waals surface area contributed by atoms with Crippen LogP contribution in [0.25, 0.3) is 0 Å². The Balaban J connectivity index is 3.31. The number of unbranched alkanes of at least 4 members (excludes halogenated alkanes) is 16. The lowest BCUT2D eigenvalue weighted by Crippen LogP contribution is -2.08. The molecule has 0 aromatic rings. The summed E-state index contributed by atoms with van der Waals surface area (Å²) in [4.78, 5) is 23.2. The van der Waals surface area contributed by atoms with E-state index in [2.05, 4.69) is 13.8 Å². The van der Waals surface area contributed by atoms with E-state index < -0.39 is 0 Å². The van der Waals surface area contributed by atoms with Gasteiger partial charge in [-0.15, -0.1) is 0 Å². The van der Waals surface area contributed by atoms with E-state index in [9.17, 15) is 9.59 Å². The van der Waals surface area contributed by atoms with Crippen molar-refractivity contribution >= 4 is 11.9 Å². The van der Waals surface area contributed by atoms with Gasteiger partial charge in [-0.2, -0.15) is 0 Å². The topological polar surface area (TPSA) is 52.6 Å². The lowest BCUT2D eigenvalue weighted by atomic mass is 10.1. The quantitative estimate of drug-likeness (QED) is 0.134. The molecule has 0 aliphatic heterocycles. The Morgan fingerprint density at radius 3 is 1.07 bits per heavy atom. The van der Waals surface area contributed by atoms with E-state index in [1.54, 1.807) is 0 Å². The maximum atomic E-state index is 11.6. The number of hydrogen-bond acceptors (Lipinski definition) is 4. The van der Waals surface area contributed by atoms with Gasteiger partial charge in [0.25, 0.3) is 0 Å². The third-order valence-corrected chi connectivity index (χ3v) is 5.33. The highest BCUT2D eigenvalue weighted by Gasteiger charge is 2.07. The molecule has 4 heteroatoms. The van der Waals surface area contributed by atoms with E-state index in [0.717, 1.165) is 32.5 Å². The summed E-state index contributed by atoms with van der Waals surface area (Å²) in [6, 6.07) is 0. The second-order valence-corrected chi connectivity index (χ2v) is 8.23. The van der Waals surface area contributed by atoms with Gasteiger partial charge in [-0.05, 0) is 12.8 Å². The molecule has 0 N–H and O–H groups in total. The first-order chi connectivity index (χ1) is 14.2. The lowest BCUT2D eigenvalue weighted by Gasteiger charge is -2.05. The first kappa shape index (κ1) is 27.9. The maximum Gasteiger partial charge on any atom is 0.320 e. The summed E-state index contributed by atoms with van der Waals surface area (Å²) in [7, 11) is 0. The van der Waals surface area contributed by atoms with Gasteiger partial charge in [0.15, 0.2) is 0 Å². The first-order valence-electron chi connectivity index (χ1n) is 12.4. The summed E-state index contributed by atoms with van der Waals surface area (Å²) in [6.45, 7) is 5.37. The van der Waals surface area contributed by atoms with E-state index in [1.165, 1.54) is 89.9 Å². The van der Waals surface area contributed by atoms with Gasteiger partial charge in [0, 0.05) is 12.8 Å². The molecule has 0 saturated carbocycles. The zero-order valence-electron chi connectivity index (χ0n) is 19.4. The van der Waals surface area contributed by atoms with E-state index in [0.29, 0.717) is 12.8 Å². The van der Waals surface area contributed by atoms with Crippen molar-refractivity contribution in [2.75, 3.05) is 0 Å². The van der Waals surface area contributed by atoms with E-state index in [4.69, 9.17) is 9.47 Å². The molecule has 0 aromatic carbocycles. The minimum Gasteiger partial charge on any atom is -0.417 e. The summed E-state index contributed by atoms with van der Waals surface area (Å²) in [5.74, 6) is -0.632. The molecule has 0 bridgehead atoms. The monoisotopic (exact) mass is 411 g/mol. The second kappa shape index (κ2) is 23.2. The largest absolute Gasteiger partial charge is 0.417 e. The van der Waals surface area contributed by atoms with Gasteiger partial charge in [0.2, 0.25) is 0 Å². The fraction of sp³-hybridized carbons (Fsp3) is 0.880. The van der Waals surface area contributed by atoms with Crippen molar-refractivity contribution in [3.8, 4) is 0 Å². The average molecular weight is 412 g/mol. The minimum atomic E-state index is -0.316. The minimum absolute atomic E-state index is 0.316. The van der Waals surface area contributed by atoms with Crippen molar-refractivity contribution in [2.24, 2.45) is 0 Å². The van der Waals surface area contributed by atoms with Crippen LogP contribution in [0.2, 0.25) is 0 Å². The van der Waals surface area contributed by atoms with Gasteiger partial charge in [-0.3, -0.25) is 9.59 Å². The zero-order valence-corrected chi connectivity index (χ0v) is 19.4. The van der Waals surface area contributed by atoms with Gasteiger partial charge >= 0.3 is 18.7 Å². The number of ether oxygens (including phenoxy) is 2. The molecule has 0 heterocycles. The summed E-state index contributed by atoms with van der Waals surface area (Å²) < 4.78 is 9.74. The molecule has 0 aliphatic rings. The second-order valence-electron chi connectivity index (χ2n) is 8.23. The van der Waals surface area contributed by atoms with Crippen molar-refractivity contribution in [2.45, 2.75) is 142 Å². The van der Waals surface area contributed by atoms with Gasteiger partial charge in [-0.1, -0.05) is 117 Å². The molecule has 0 rings (SSSR count). The fourth-order valence-electron chi connectivity index (χ4n) is 3.41. The van der Waals surface area contributed by atoms with Crippen LogP contribution in [-0.4, -0.2) is 11.9 Å². The summed E-state index contributed by atoms with van der Waals surface area (Å²) in [5.41, 5.74) is 0. The Morgan fingerprint density at radius 2 is 0.759 bits per heavy atom. The van der Waals surface area contributed by atoms with Crippen molar-refractivity contribution in [3.63, 3.8) is 0 Å². The Kier molecular flexibility index (Phi) is 22.4. The Morgan fingerprint density at radius 1 is 0.483 bits per heavy atom. The molecular weight excluding hydrogens is 364 g/mol. The molecule has 1 radical (unpaired) electrons. The van der Waals surface area contributed by atoms with Crippen LogP contribution in [0.3, 0.4) is 0 Å².